The first kappa shape index (κ1) is 8.97. The molecule has 0 atom stereocenters. The summed E-state index contributed by atoms with van der Waals surface area (Å²) in [5.74, 6) is 0.989. The van der Waals surface area contributed by atoms with Gasteiger partial charge in [-0.15, -0.1) is 0 Å². The average Bonchev–Trinajstić information content (AvgIpc) is 2.05. The average molecular weight is 243 g/mol. The predicted molar refractivity (Wildman–Crippen MR) is 54.7 cm³/mol. The fourth-order valence-electron chi connectivity index (χ4n) is 1.32. The van der Waals surface area contributed by atoms with E-state index < -0.39 is 0 Å². The monoisotopic (exact) mass is 242 g/mol. The number of aromatic nitrogens is 1. The Morgan fingerprint density at radius 3 is 2.77 bits per heavy atom. The lowest BCUT2D eigenvalue weighted by atomic mass is 10.2. The Kier molecular flexibility index (Phi) is 2.51. The summed E-state index contributed by atoms with van der Waals surface area (Å²) in [6.07, 6.45) is 2.97. The molecule has 2 rings (SSSR count). The maximum atomic E-state index is 8.89. The topological polar surface area (TPSA) is 36.4 Å². The standard InChI is InChI=1S/C9H11BrN2O/c10-8-4-7(6-13)5-11-9(8)12-2-1-3-12/h4-5,13H,1-3,6H2. The van der Waals surface area contributed by atoms with Crippen LogP contribution in [-0.2, 0) is 6.61 Å². The second kappa shape index (κ2) is 3.64. The van der Waals surface area contributed by atoms with Crippen molar-refractivity contribution in [3.63, 3.8) is 0 Å². The molecule has 2 heterocycles. The molecule has 1 saturated heterocycles. The predicted octanol–water partition coefficient (Wildman–Crippen LogP) is 1.55. The zero-order valence-electron chi connectivity index (χ0n) is 7.20. The lowest BCUT2D eigenvalue weighted by Crippen LogP contribution is -2.37. The molecular weight excluding hydrogens is 232 g/mol. The van der Waals surface area contributed by atoms with E-state index in [-0.39, 0.29) is 6.61 Å². The van der Waals surface area contributed by atoms with Crippen LogP contribution < -0.4 is 4.90 Å². The molecule has 4 heteroatoms. The van der Waals surface area contributed by atoms with Gasteiger partial charge in [-0.25, -0.2) is 4.98 Å². The van der Waals surface area contributed by atoms with Crippen molar-refractivity contribution in [2.24, 2.45) is 0 Å². The van der Waals surface area contributed by atoms with Crippen molar-refractivity contribution in [2.75, 3.05) is 18.0 Å². The number of rotatable bonds is 2. The van der Waals surface area contributed by atoms with E-state index in [0.29, 0.717) is 0 Å². The first-order chi connectivity index (χ1) is 6.31. The molecular formula is C9H11BrN2O. The van der Waals surface area contributed by atoms with Gasteiger partial charge in [-0.2, -0.15) is 0 Å². The van der Waals surface area contributed by atoms with E-state index in [9.17, 15) is 0 Å². The largest absolute Gasteiger partial charge is 0.392 e. The van der Waals surface area contributed by atoms with E-state index >= 15 is 0 Å². The molecule has 0 amide bonds. The van der Waals surface area contributed by atoms with E-state index in [1.807, 2.05) is 6.07 Å². The fourth-order valence-corrected chi connectivity index (χ4v) is 1.96. The van der Waals surface area contributed by atoms with Crippen LogP contribution in [0.1, 0.15) is 12.0 Å². The summed E-state index contributed by atoms with van der Waals surface area (Å²) in [6, 6.07) is 1.92. The van der Waals surface area contributed by atoms with Crippen molar-refractivity contribution in [3.8, 4) is 0 Å². The molecule has 3 nitrogen and oxygen atoms in total. The number of halogens is 1. The Morgan fingerprint density at radius 2 is 2.31 bits per heavy atom. The van der Waals surface area contributed by atoms with Crippen molar-refractivity contribution in [1.29, 1.82) is 0 Å². The van der Waals surface area contributed by atoms with E-state index in [1.165, 1.54) is 6.42 Å². The summed E-state index contributed by atoms with van der Waals surface area (Å²) in [6.45, 7) is 2.22. The van der Waals surface area contributed by atoms with Gasteiger partial charge in [0.05, 0.1) is 11.1 Å². The van der Waals surface area contributed by atoms with Crippen LogP contribution >= 0.6 is 15.9 Å². The summed E-state index contributed by atoms with van der Waals surface area (Å²) < 4.78 is 0.971. The summed E-state index contributed by atoms with van der Waals surface area (Å²) >= 11 is 3.45. The van der Waals surface area contributed by atoms with E-state index in [1.54, 1.807) is 6.20 Å². The highest BCUT2D eigenvalue weighted by molar-refractivity contribution is 9.10. The van der Waals surface area contributed by atoms with Gasteiger partial charge in [-0.3, -0.25) is 0 Å². The van der Waals surface area contributed by atoms with Crippen molar-refractivity contribution in [1.82, 2.24) is 4.98 Å². The molecule has 0 unspecified atom stereocenters. The number of aliphatic hydroxyl groups is 1. The van der Waals surface area contributed by atoms with Gasteiger partial charge < -0.3 is 10.0 Å². The number of nitrogens with zero attached hydrogens (tertiary/aromatic N) is 2. The third-order valence-corrected chi connectivity index (χ3v) is 2.80. The highest BCUT2D eigenvalue weighted by Crippen LogP contribution is 2.27. The summed E-state index contributed by atoms with van der Waals surface area (Å²) in [4.78, 5) is 6.50. The number of hydrogen-bond acceptors (Lipinski definition) is 3. The Bertz CT molecular complexity index is 312. The molecule has 13 heavy (non-hydrogen) atoms. The molecule has 1 aliphatic rings. The number of anilines is 1. The van der Waals surface area contributed by atoms with Crippen molar-refractivity contribution in [3.05, 3.63) is 22.3 Å². The smallest absolute Gasteiger partial charge is 0.142 e. The highest BCUT2D eigenvalue weighted by atomic mass is 79.9. The Hall–Kier alpha value is -0.610. The number of pyridine rings is 1. The van der Waals surface area contributed by atoms with E-state index in [0.717, 1.165) is 28.9 Å². The third kappa shape index (κ3) is 1.69. The first-order valence-corrected chi connectivity index (χ1v) is 5.11. The summed E-state index contributed by atoms with van der Waals surface area (Å²) in [5.41, 5.74) is 0.844. The lowest BCUT2D eigenvalue weighted by molar-refractivity contribution is 0.281. The Balaban J connectivity index is 2.26. The lowest BCUT2D eigenvalue weighted by Gasteiger charge is -2.32. The van der Waals surface area contributed by atoms with Gasteiger partial charge in [0.15, 0.2) is 0 Å². The molecule has 0 bridgehead atoms. The number of hydrogen-bond donors (Lipinski definition) is 1. The molecule has 1 aromatic rings. The second-order valence-corrected chi connectivity index (χ2v) is 4.00. The molecule has 70 valence electrons. The molecule has 0 aliphatic carbocycles. The normalized spacial score (nSPS) is 15.7. The molecule has 0 saturated carbocycles. The molecule has 1 fully saturated rings. The molecule has 0 spiro atoms. The molecule has 0 radical (unpaired) electrons. The van der Waals surface area contributed by atoms with E-state index in [2.05, 4.69) is 25.8 Å². The fraction of sp³-hybridized carbons (Fsp3) is 0.444. The van der Waals surface area contributed by atoms with Crippen LogP contribution in [0.2, 0.25) is 0 Å². The van der Waals surface area contributed by atoms with Gasteiger partial charge in [-0.05, 0) is 34.0 Å². The van der Waals surface area contributed by atoms with Crippen LogP contribution in [0.5, 0.6) is 0 Å². The van der Waals surface area contributed by atoms with Crippen molar-refractivity contribution in [2.45, 2.75) is 13.0 Å². The van der Waals surface area contributed by atoms with Crippen LogP contribution in [0.4, 0.5) is 5.82 Å². The van der Waals surface area contributed by atoms with Crippen LogP contribution in [0, 0.1) is 0 Å². The Labute approximate surface area is 85.5 Å². The van der Waals surface area contributed by atoms with Gasteiger partial charge in [0, 0.05) is 19.3 Å². The van der Waals surface area contributed by atoms with Crippen LogP contribution in [0.3, 0.4) is 0 Å². The molecule has 1 aliphatic heterocycles. The SMILES string of the molecule is OCc1cnc(N2CCC2)c(Br)c1. The molecule has 0 aromatic carbocycles. The minimum atomic E-state index is 0.0475. The van der Waals surface area contributed by atoms with Gasteiger partial charge in [0.1, 0.15) is 5.82 Å². The quantitative estimate of drug-likeness (QED) is 0.856. The van der Waals surface area contributed by atoms with Crippen LogP contribution in [0.25, 0.3) is 0 Å². The van der Waals surface area contributed by atoms with Gasteiger partial charge in [-0.1, -0.05) is 0 Å². The summed E-state index contributed by atoms with van der Waals surface area (Å²) in [5, 5.41) is 8.89. The minimum absolute atomic E-state index is 0.0475. The highest BCUT2D eigenvalue weighted by Gasteiger charge is 2.18. The summed E-state index contributed by atoms with van der Waals surface area (Å²) in [7, 11) is 0. The zero-order chi connectivity index (χ0) is 9.26. The zero-order valence-corrected chi connectivity index (χ0v) is 8.79. The minimum Gasteiger partial charge on any atom is -0.392 e. The van der Waals surface area contributed by atoms with E-state index in [4.69, 9.17) is 5.11 Å². The van der Waals surface area contributed by atoms with Gasteiger partial charge >= 0.3 is 0 Å². The van der Waals surface area contributed by atoms with Gasteiger partial charge in [0.2, 0.25) is 0 Å². The van der Waals surface area contributed by atoms with Crippen molar-refractivity contribution < 1.29 is 5.11 Å². The first-order valence-electron chi connectivity index (χ1n) is 4.31. The number of aliphatic hydroxyl groups excluding tert-OH is 1. The third-order valence-electron chi connectivity index (χ3n) is 2.22. The second-order valence-electron chi connectivity index (χ2n) is 3.15. The Morgan fingerprint density at radius 1 is 1.54 bits per heavy atom. The van der Waals surface area contributed by atoms with Crippen LogP contribution in [0.15, 0.2) is 16.7 Å². The van der Waals surface area contributed by atoms with Gasteiger partial charge in [0.25, 0.3) is 0 Å². The molecule has 1 N–H and O–H groups in total. The maximum Gasteiger partial charge on any atom is 0.142 e. The van der Waals surface area contributed by atoms with Crippen molar-refractivity contribution >= 4 is 21.7 Å². The maximum absolute atomic E-state index is 8.89. The van der Waals surface area contributed by atoms with Crippen LogP contribution in [-0.4, -0.2) is 23.2 Å². The molecule has 1 aromatic heterocycles.